The fraction of sp³-hybridized carbons (Fsp3) is 0.250. The Morgan fingerprint density at radius 2 is 2.08 bits per heavy atom. The fourth-order valence-electron chi connectivity index (χ4n) is 1.07. The molecule has 1 aromatic carbocycles. The molecule has 5 heteroatoms. The number of anilines is 1. The van der Waals surface area contributed by atoms with Crippen molar-refractivity contribution < 1.29 is 9.50 Å². The van der Waals surface area contributed by atoms with E-state index in [1.165, 1.54) is 6.07 Å². The molecule has 0 aliphatic rings. The summed E-state index contributed by atoms with van der Waals surface area (Å²) >= 11 is 0. The Hall–Kier alpha value is -1.33. The van der Waals surface area contributed by atoms with Crippen LogP contribution in [0.4, 0.5) is 10.1 Å². The van der Waals surface area contributed by atoms with Gasteiger partial charge < -0.3 is 22.3 Å². The zero-order chi connectivity index (χ0) is 10.0. The van der Waals surface area contributed by atoms with Crippen LogP contribution in [0.2, 0.25) is 0 Å². The molecule has 0 aromatic heterocycles. The van der Waals surface area contributed by atoms with Crippen molar-refractivity contribution in [3.8, 4) is 5.75 Å². The Morgan fingerprint density at radius 3 is 2.62 bits per heavy atom. The summed E-state index contributed by atoms with van der Waals surface area (Å²) in [5.41, 5.74) is 16.2. The lowest BCUT2D eigenvalue weighted by molar-refractivity contribution is 0.452. The molecule has 0 spiro atoms. The summed E-state index contributed by atoms with van der Waals surface area (Å²) < 4.78 is 13.1. The first-order valence-electron chi connectivity index (χ1n) is 3.80. The van der Waals surface area contributed by atoms with Gasteiger partial charge in [0, 0.05) is 18.2 Å². The largest absolute Gasteiger partial charge is 0.505 e. The number of phenolic OH excluding ortho intramolecular Hbond substituents is 1. The predicted molar refractivity (Wildman–Crippen MR) is 48.5 cm³/mol. The first kappa shape index (κ1) is 9.76. The minimum atomic E-state index is -0.733. The van der Waals surface area contributed by atoms with E-state index in [9.17, 15) is 9.50 Å². The molecule has 0 saturated carbocycles. The van der Waals surface area contributed by atoms with Gasteiger partial charge in [-0.3, -0.25) is 0 Å². The first-order valence-corrected chi connectivity index (χ1v) is 3.80. The van der Waals surface area contributed by atoms with Crippen LogP contribution in [0.3, 0.4) is 0 Å². The number of hydrogen-bond acceptors (Lipinski definition) is 4. The summed E-state index contributed by atoms with van der Waals surface area (Å²) in [6.07, 6.45) is 0. The molecule has 1 atom stereocenters. The van der Waals surface area contributed by atoms with Crippen LogP contribution in [0.15, 0.2) is 12.1 Å². The molecule has 13 heavy (non-hydrogen) atoms. The van der Waals surface area contributed by atoms with Crippen molar-refractivity contribution in [2.75, 3.05) is 12.3 Å². The van der Waals surface area contributed by atoms with Crippen LogP contribution in [0.25, 0.3) is 0 Å². The zero-order valence-electron chi connectivity index (χ0n) is 7.00. The number of nitrogens with two attached hydrogens (primary N) is 3. The van der Waals surface area contributed by atoms with Crippen LogP contribution in [0.1, 0.15) is 11.6 Å². The number of benzene rings is 1. The monoisotopic (exact) mass is 185 g/mol. The van der Waals surface area contributed by atoms with Crippen LogP contribution in [-0.4, -0.2) is 11.7 Å². The van der Waals surface area contributed by atoms with Crippen LogP contribution in [0.5, 0.6) is 5.75 Å². The van der Waals surface area contributed by atoms with Gasteiger partial charge in [0.2, 0.25) is 0 Å². The standard InChI is InChI=1S/C8H12FN3O/c9-4-1-2-5(11)8(13)7(4)6(12)3-10/h1-2,6,13H,3,10-12H2/t6-/m1/s1. The van der Waals surface area contributed by atoms with Gasteiger partial charge in [0.15, 0.2) is 0 Å². The smallest absolute Gasteiger partial charge is 0.146 e. The van der Waals surface area contributed by atoms with E-state index in [4.69, 9.17) is 17.2 Å². The van der Waals surface area contributed by atoms with E-state index in [0.29, 0.717) is 0 Å². The SMILES string of the molecule is NC[C@@H](N)c1c(F)ccc(N)c1O. The van der Waals surface area contributed by atoms with Crippen LogP contribution >= 0.6 is 0 Å². The number of hydrogen-bond donors (Lipinski definition) is 4. The molecule has 0 fully saturated rings. The van der Waals surface area contributed by atoms with Crippen LogP contribution < -0.4 is 17.2 Å². The van der Waals surface area contributed by atoms with E-state index >= 15 is 0 Å². The van der Waals surface area contributed by atoms with Gasteiger partial charge in [-0.1, -0.05) is 0 Å². The molecule has 4 nitrogen and oxygen atoms in total. The minimum Gasteiger partial charge on any atom is -0.505 e. The quantitative estimate of drug-likeness (QED) is 0.387. The third kappa shape index (κ3) is 1.71. The highest BCUT2D eigenvalue weighted by molar-refractivity contribution is 5.57. The van der Waals surface area contributed by atoms with Gasteiger partial charge in [-0.05, 0) is 12.1 Å². The van der Waals surface area contributed by atoms with E-state index in [1.54, 1.807) is 0 Å². The Kier molecular flexibility index (Phi) is 2.69. The van der Waals surface area contributed by atoms with Crippen LogP contribution in [0, 0.1) is 5.82 Å². The van der Waals surface area contributed by atoms with Crippen molar-refractivity contribution in [3.05, 3.63) is 23.5 Å². The van der Waals surface area contributed by atoms with Gasteiger partial charge in [-0.15, -0.1) is 0 Å². The second kappa shape index (κ2) is 3.59. The molecule has 0 bridgehead atoms. The van der Waals surface area contributed by atoms with E-state index in [2.05, 4.69) is 0 Å². The van der Waals surface area contributed by atoms with Gasteiger partial charge in [0.1, 0.15) is 11.6 Å². The third-order valence-corrected chi connectivity index (χ3v) is 1.82. The number of halogens is 1. The summed E-state index contributed by atoms with van der Waals surface area (Å²) in [4.78, 5) is 0. The van der Waals surface area contributed by atoms with Gasteiger partial charge in [0.25, 0.3) is 0 Å². The molecule has 0 unspecified atom stereocenters. The molecule has 72 valence electrons. The maximum Gasteiger partial charge on any atom is 0.146 e. The lowest BCUT2D eigenvalue weighted by atomic mass is 10.0. The predicted octanol–water partition coefficient (Wildman–Crippen LogP) is 0.0720. The van der Waals surface area contributed by atoms with E-state index in [1.807, 2.05) is 0 Å². The number of nitrogen functional groups attached to an aromatic ring is 1. The molecule has 1 aromatic rings. The maximum absolute atomic E-state index is 13.1. The summed E-state index contributed by atoms with van der Waals surface area (Å²) in [6.45, 7) is 0.0495. The van der Waals surface area contributed by atoms with Crippen molar-refractivity contribution >= 4 is 5.69 Å². The summed E-state index contributed by atoms with van der Waals surface area (Å²) in [7, 11) is 0. The number of aromatic hydroxyl groups is 1. The maximum atomic E-state index is 13.1. The Balaban J connectivity index is 3.25. The van der Waals surface area contributed by atoms with Crippen molar-refractivity contribution in [3.63, 3.8) is 0 Å². The number of rotatable bonds is 2. The van der Waals surface area contributed by atoms with E-state index < -0.39 is 11.9 Å². The molecule has 1 rings (SSSR count). The minimum absolute atomic E-state index is 0.0255. The van der Waals surface area contributed by atoms with Gasteiger partial charge in [-0.25, -0.2) is 4.39 Å². The topological polar surface area (TPSA) is 98.3 Å². The Labute approximate surface area is 75.1 Å². The molecule has 0 amide bonds. The average Bonchev–Trinajstić information content (AvgIpc) is 2.12. The van der Waals surface area contributed by atoms with Crippen molar-refractivity contribution in [1.29, 1.82) is 0 Å². The second-order valence-electron chi connectivity index (χ2n) is 2.74. The normalized spacial score (nSPS) is 12.8. The third-order valence-electron chi connectivity index (χ3n) is 1.82. The van der Waals surface area contributed by atoms with E-state index in [-0.39, 0.29) is 23.5 Å². The van der Waals surface area contributed by atoms with Gasteiger partial charge in [0.05, 0.1) is 5.69 Å². The molecular weight excluding hydrogens is 173 g/mol. The average molecular weight is 185 g/mol. The molecule has 0 saturated heterocycles. The Bertz CT molecular complexity index is 317. The highest BCUT2D eigenvalue weighted by atomic mass is 19.1. The fourth-order valence-corrected chi connectivity index (χ4v) is 1.07. The Morgan fingerprint density at radius 1 is 1.46 bits per heavy atom. The van der Waals surface area contributed by atoms with E-state index in [0.717, 1.165) is 6.07 Å². The summed E-state index contributed by atoms with van der Waals surface area (Å²) in [6, 6.07) is 1.70. The first-order chi connectivity index (χ1) is 6.07. The molecule has 0 radical (unpaired) electrons. The zero-order valence-corrected chi connectivity index (χ0v) is 7.00. The molecule has 0 heterocycles. The van der Waals surface area contributed by atoms with Gasteiger partial charge >= 0.3 is 0 Å². The summed E-state index contributed by atoms with van der Waals surface area (Å²) in [5, 5.41) is 9.38. The van der Waals surface area contributed by atoms with Crippen molar-refractivity contribution in [1.82, 2.24) is 0 Å². The highest BCUT2D eigenvalue weighted by Gasteiger charge is 2.16. The molecule has 0 aliphatic carbocycles. The molecular formula is C8H12FN3O. The van der Waals surface area contributed by atoms with Crippen molar-refractivity contribution in [2.24, 2.45) is 11.5 Å². The molecule has 0 aliphatic heterocycles. The lowest BCUT2D eigenvalue weighted by Gasteiger charge is -2.13. The van der Waals surface area contributed by atoms with Crippen molar-refractivity contribution in [2.45, 2.75) is 6.04 Å². The number of phenols is 1. The molecule has 7 N–H and O–H groups in total. The van der Waals surface area contributed by atoms with Gasteiger partial charge in [-0.2, -0.15) is 0 Å². The highest BCUT2D eigenvalue weighted by Crippen LogP contribution is 2.30. The second-order valence-corrected chi connectivity index (χ2v) is 2.74. The van der Waals surface area contributed by atoms with Crippen LogP contribution in [-0.2, 0) is 0 Å². The lowest BCUT2D eigenvalue weighted by Crippen LogP contribution is -2.22. The summed E-state index contributed by atoms with van der Waals surface area (Å²) in [5.74, 6) is -0.914.